The standard InChI is InChI=1S/C25H18F2N5O2/c1-30-13-15(12-28-30)7-6-14-8-9-17-18(10-14)32-19-11-20(23(32)29-17)31(2)24(33)16-4-3-5-21(22(16)19)34-25(26)27/h3-5,8-10,12-13,19,25H,11H2,1-2H3/q+1/t19-/m1/s1. The lowest BCUT2D eigenvalue weighted by Gasteiger charge is -2.19. The smallest absolute Gasteiger partial charge is 0.419 e. The molecule has 2 aliphatic heterocycles. The van der Waals surface area contributed by atoms with Gasteiger partial charge >= 0.3 is 12.5 Å². The number of carbonyl (C=O) groups is 1. The first-order chi connectivity index (χ1) is 16.4. The highest BCUT2D eigenvalue weighted by Gasteiger charge is 2.45. The molecule has 4 aromatic rings. The minimum absolute atomic E-state index is 0.00252. The summed E-state index contributed by atoms with van der Waals surface area (Å²) >= 11 is 0. The predicted molar refractivity (Wildman–Crippen MR) is 119 cm³/mol. The van der Waals surface area contributed by atoms with Crippen LogP contribution in [0.3, 0.4) is 0 Å². The van der Waals surface area contributed by atoms with E-state index in [0.717, 1.165) is 27.9 Å². The molecule has 0 N–H and O–H groups in total. The third-order valence-corrected chi connectivity index (χ3v) is 6.26. The van der Waals surface area contributed by atoms with Crippen LogP contribution in [0.15, 0.2) is 48.8 Å². The van der Waals surface area contributed by atoms with E-state index in [4.69, 9.17) is 9.72 Å². The molecule has 7 nitrogen and oxygen atoms in total. The quantitative estimate of drug-likeness (QED) is 0.341. The Kier molecular flexibility index (Phi) is 4.39. The Morgan fingerprint density at radius 2 is 2.03 bits per heavy atom. The Hall–Kier alpha value is -4.32. The van der Waals surface area contributed by atoms with Gasteiger partial charge in [-0.25, -0.2) is 9.78 Å². The molecule has 0 saturated carbocycles. The minimum Gasteiger partial charge on any atom is -0.434 e. The lowest BCUT2D eigenvalue weighted by molar-refractivity contribution is -0.394. The summed E-state index contributed by atoms with van der Waals surface area (Å²) in [6.45, 7) is -3.00. The molecule has 2 aromatic heterocycles. The molecule has 0 unspecified atom stereocenters. The highest BCUT2D eigenvalue weighted by Crippen LogP contribution is 2.43. The molecule has 0 saturated heterocycles. The van der Waals surface area contributed by atoms with Gasteiger partial charge in [-0.2, -0.15) is 18.5 Å². The van der Waals surface area contributed by atoms with Crippen LogP contribution in [0.4, 0.5) is 8.78 Å². The zero-order chi connectivity index (χ0) is 23.6. The van der Waals surface area contributed by atoms with Crippen molar-refractivity contribution in [1.82, 2.24) is 19.3 Å². The molecule has 0 spiro atoms. The summed E-state index contributed by atoms with van der Waals surface area (Å²) in [6, 6.07) is 9.98. The van der Waals surface area contributed by atoms with Crippen LogP contribution in [0, 0.1) is 11.8 Å². The largest absolute Gasteiger partial charge is 0.434 e. The van der Waals surface area contributed by atoms with E-state index >= 15 is 0 Å². The van der Waals surface area contributed by atoms with Crippen LogP contribution >= 0.6 is 0 Å². The van der Waals surface area contributed by atoms with E-state index in [0.29, 0.717) is 23.4 Å². The van der Waals surface area contributed by atoms with Crippen molar-refractivity contribution in [2.24, 2.45) is 7.05 Å². The Bertz CT molecular complexity index is 1600. The third kappa shape index (κ3) is 3.03. The van der Waals surface area contributed by atoms with Crippen molar-refractivity contribution in [1.29, 1.82) is 0 Å². The Morgan fingerprint density at radius 1 is 1.21 bits per heavy atom. The van der Waals surface area contributed by atoms with Crippen molar-refractivity contribution in [3.05, 3.63) is 76.9 Å². The van der Waals surface area contributed by atoms with E-state index in [1.807, 2.05) is 36.0 Å². The number of carbonyl (C=O) groups excluding carboxylic acids is 1. The van der Waals surface area contributed by atoms with E-state index in [-0.39, 0.29) is 11.7 Å². The molecule has 1 atom stereocenters. The average Bonchev–Trinajstić information content (AvgIpc) is 3.48. The third-order valence-electron chi connectivity index (χ3n) is 6.26. The zero-order valence-electron chi connectivity index (χ0n) is 18.3. The van der Waals surface area contributed by atoms with Crippen LogP contribution in [-0.4, -0.2) is 49.2 Å². The summed E-state index contributed by atoms with van der Waals surface area (Å²) < 4.78 is 36.5. The molecule has 0 aliphatic carbocycles. The fraction of sp³-hybridized carbons (Fsp3) is 0.200. The van der Waals surface area contributed by atoms with Gasteiger partial charge in [0.1, 0.15) is 12.8 Å². The molecule has 6 rings (SSSR count). The summed E-state index contributed by atoms with van der Waals surface area (Å²) in [5.41, 5.74) is 4.67. The number of hydrogen-bond donors (Lipinski definition) is 0. The van der Waals surface area contributed by atoms with E-state index < -0.39 is 12.7 Å². The maximum atomic E-state index is 13.2. The van der Waals surface area contributed by atoms with Gasteiger partial charge in [-0.1, -0.05) is 17.9 Å². The Labute approximate surface area is 192 Å². The number of aryl methyl sites for hydroxylation is 1. The topological polar surface area (TPSA) is 65.0 Å². The first kappa shape index (κ1) is 20.3. The SMILES string of the molecule is Cn1cc(C#Cc2ccc3nc4n(c3c2)[C@@H]2CC4=[N+](C)C(=O)c3cccc(OC(F)F)c32)cn1. The van der Waals surface area contributed by atoms with Crippen molar-refractivity contribution in [2.75, 3.05) is 7.05 Å². The molecule has 168 valence electrons. The highest BCUT2D eigenvalue weighted by atomic mass is 19.3. The minimum atomic E-state index is -3.00. The van der Waals surface area contributed by atoms with Gasteiger partial charge in [0, 0.05) is 24.4 Å². The van der Waals surface area contributed by atoms with Gasteiger partial charge in [0.25, 0.3) is 0 Å². The number of alkyl halides is 2. The second kappa shape index (κ2) is 7.35. The van der Waals surface area contributed by atoms with Gasteiger partial charge in [0.15, 0.2) is 0 Å². The van der Waals surface area contributed by atoms with E-state index in [1.54, 1.807) is 34.6 Å². The van der Waals surface area contributed by atoms with Gasteiger partial charge in [0.2, 0.25) is 11.5 Å². The maximum Gasteiger partial charge on any atom is 0.419 e. The predicted octanol–water partition coefficient (Wildman–Crippen LogP) is 3.35. The molecule has 2 bridgehead atoms. The summed E-state index contributed by atoms with van der Waals surface area (Å²) in [5, 5.41) is 4.13. The molecular formula is C25H18F2N5O2+. The fourth-order valence-corrected chi connectivity index (χ4v) is 4.78. The first-order valence-electron chi connectivity index (χ1n) is 10.7. The second-order valence-corrected chi connectivity index (χ2v) is 8.29. The molecule has 9 heteroatoms. The van der Waals surface area contributed by atoms with E-state index in [2.05, 4.69) is 16.9 Å². The van der Waals surface area contributed by atoms with Crippen molar-refractivity contribution in [3.63, 3.8) is 0 Å². The van der Waals surface area contributed by atoms with Crippen LogP contribution in [0.1, 0.15) is 45.3 Å². The van der Waals surface area contributed by atoms with Crippen LogP contribution < -0.4 is 4.74 Å². The number of ether oxygens (including phenoxy) is 1. The van der Waals surface area contributed by atoms with E-state index in [1.165, 1.54) is 6.07 Å². The molecule has 34 heavy (non-hydrogen) atoms. The summed E-state index contributed by atoms with van der Waals surface area (Å²) in [7, 11) is 3.51. The van der Waals surface area contributed by atoms with Crippen LogP contribution in [0.25, 0.3) is 11.0 Å². The number of benzene rings is 2. The van der Waals surface area contributed by atoms with Crippen molar-refractivity contribution >= 4 is 22.7 Å². The fourth-order valence-electron chi connectivity index (χ4n) is 4.78. The zero-order valence-corrected chi connectivity index (χ0v) is 18.3. The first-order valence-corrected chi connectivity index (χ1v) is 10.7. The molecule has 4 heterocycles. The number of hydrogen-bond acceptors (Lipinski definition) is 4. The van der Waals surface area contributed by atoms with Crippen molar-refractivity contribution in [3.8, 4) is 17.6 Å². The summed E-state index contributed by atoms with van der Waals surface area (Å²) in [4.78, 5) is 17.9. The number of aromatic nitrogens is 4. The van der Waals surface area contributed by atoms with Gasteiger partial charge in [-0.3, -0.25) is 4.68 Å². The monoisotopic (exact) mass is 458 g/mol. The number of halogens is 2. The normalized spacial score (nSPS) is 16.4. The number of rotatable bonds is 2. The van der Waals surface area contributed by atoms with Gasteiger partial charge in [0.05, 0.1) is 40.8 Å². The van der Waals surface area contributed by atoms with E-state index in [9.17, 15) is 13.6 Å². The highest BCUT2D eigenvalue weighted by molar-refractivity contribution is 6.06. The number of imidazole rings is 1. The number of amides is 1. The van der Waals surface area contributed by atoms with Gasteiger partial charge in [-0.05, 0) is 30.3 Å². The maximum absolute atomic E-state index is 13.2. The Balaban J connectivity index is 1.55. The van der Waals surface area contributed by atoms with Gasteiger partial charge in [-0.15, -0.1) is 0 Å². The molecule has 1 amide bonds. The number of nitrogens with zero attached hydrogens (tertiary/aromatic N) is 5. The van der Waals surface area contributed by atoms with Crippen LogP contribution in [0.2, 0.25) is 0 Å². The van der Waals surface area contributed by atoms with Crippen molar-refractivity contribution < 1.29 is 22.9 Å². The molecule has 0 fully saturated rings. The summed E-state index contributed by atoms with van der Waals surface area (Å²) in [5.74, 6) is 6.63. The van der Waals surface area contributed by atoms with Crippen LogP contribution in [0.5, 0.6) is 5.75 Å². The number of fused-ring (bicyclic) bond motifs is 9. The molecular weight excluding hydrogens is 440 g/mol. The average molecular weight is 458 g/mol. The lowest BCUT2D eigenvalue weighted by Crippen LogP contribution is -2.25. The van der Waals surface area contributed by atoms with Gasteiger partial charge < -0.3 is 9.30 Å². The second-order valence-electron chi connectivity index (χ2n) is 8.29. The van der Waals surface area contributed by atoms with Crippen molar-refractivity contribution in [2.45, 2.75) is 19.1 Å². The molecule has 2 aliphatic rings. The Morgan fingerprint density at radius 3 is 2.79 bits per heavy atom. The molecule has 2 aromatic carbocycles. The summed E-state index contributed by atoms with van der Waals surface area (Å²) in [6.07, 6.45) is 3.97. The molecule has 0 radical (unpaired) electrons. The van der Waals surface area contributed by atoms with Crippen LogP contribution in [-0.2, 0) is 7.05 Å². The lowest BCUT2D eigenvalue weighted by atomic mass is 9.97.